The van der Waals surface area contributed by atoms with E-state index in [9.17, 15) is 14.0 Å². The third-order valence-corrected chi connectivity index (χ3v) is 1.61. The fourth-order valence-corrected chi connectivity index (χ4v) is 0.932. The highest BCUT2D eigenvalue weighted by Gasteiger charge is 1.99. The van der Waals surface area contributed by atoms with Crippen LogP contribution < -0.4 is 5.48 Å². The van der Waals surface area contributed by atoms with Crippen molar-refractivity contribution in [1.82, 2.24) is 5.48 Å². The third kappa shape index (κ3) is 3.91. The molecule has 1 amide bonds. The van der Waals surface area contributed by atoms with E-state index in [0.717, 1.165) is 13.0 Å². The Hall–Kier alpha value is -2.17. The Morgan fingerprint density at radius 1 is 1.38 bits per heavy atom. The number of rotatable bonds is 2. The summed E-state index contributed by atoms with van der Waals surface area (Å²) in [5, 5.41) is 0. The van der Waals surface area contributed by atoms with Crippen molar-refractivity contribution in [3.8, 4) is 0 Å². The van der Waals surface area contributed by atoms with E-state index in [-0.39, 0.29) is 5.56 Å². The maximum absolute atomic E-state index is 13.1. The van der Waals surface area contributed by atoms with Crippen molar-refractivity contribution in [2.24, 2.45) is 0 Å². The normalized spacial score (nSPS) is 10.1. The molecule has 0 saturated heterocycles. The zero-order valence-corrected chi connectivity index (χ0v) is 8.57. The van der Waals surface area contributed by atoms with E-state index in [2.05, 4.69) is 4.84 Å². The summed E-state index contributed by atoms with van der Waals surface area (Å²) in [6.07, 6.45) is 2.36. The first-order valence-electron chi connectivity index (χ1n) is 4.49. The lowest BCUT2D eigenvalue weighted by Gasteiger charge is -1.99. The van der Waals surface area contributed by atoms with Crippen molar-refractivity contribution in [2.45, 2.75) is 6.92 Å². The predicted molar refractivity (Wildman–Crippen MR) is 55.3 cm³/mol. The van der Waals surface area contributed by atoms with Crippen LogP contribution in [-0.4, -0.2) is 11.9 Å². The lowest BCUT2D eigenvalue weighted by atomic mass is 10.2. The first-order valence-corrected chi connectivity index (χ1v) is 4.49. The van der Waals surface area contributed by atoms with E-state index < -0.39 is 17.7 Å². The number of hydrogen-bond acceptors (Lipinski definition) is 3. The Morgan fingerprint density at radius 2 is 2.06 bits per heavy atom. The van der Waals surface area contributed by atoms with E-state index in [1.807, 2.05) is 5.48 Å². The van der Waals surface area contributed by atoms with E-state index >= 15 is 0 Å². The summed E-state index contributed by atoms with van der Waals surface area (Å²) in [4.78, 5) is 25.6. The first kappa shape index (κ1) is 11.9. The largest absolute Gasteiger partial charge is 0.341 e. The summed E-state index contributed by atoms with van der Waals surface area (Å²) >= 11 is 0. The van der Waals surface area contributed by atoms with Crippen LogP contribution in [0.4, 0.5) is 4.39 Å². The van der Waals surface area contributed by atoms with E-state index in [1.54, 1.807) is 12.1 Å². The number of halogens is 1. The van der Waals surface area contributed by atoms with Crippen LogP contribution in [0.2, 0.25) is 0 Å². The van der Waals surface area contributed by atoms with Crippen LogP contribution >= 0.6 is 0 Å². The molecule has 0 fully saturated rings. The van der Waals surface area contributed by atoms with Crippen molar-refractivity contribution in [2.75, 3.05) is 0 Å². The van der Waals surface area contributed by atoms with Crippen molar-refractivity contribution in [3.63, 3.8) is 0 Å². The van der Waals surface area contributed by atoms with Gasteiger partial charge in [0.15, 0.2) is 0 Å². The fourth-order valence-electron chi connectivity index (χ4n) is 0.932. The highest BCUT2D eigenvalue weighted by atomic mass is 19.1. The minimum atomic E-state index is -0.640. The van der Waals surface area contributed by atoms with Crippen LogP contribution in [0.25, 0.3) is 6.08 Å². The van der Waals surface area contributed by atoms with E-state index in [4.69, 9.17) is 0 Å². The van der Waals surface area contributed by atoms with Gasteiger partial charge < -0.3 is 4.84 Å². The lowest BCUT2D eigenvalue weighted by Crippen LogP contribution is -2.23. The summed E-state index contributed by atoms with van der Waals surface area (Å²) in [6, 6.07) is 5.99. The predicted octanol–water partition coefficient (Wildman–Crippen LogP) is 1.43. The van der Waals surface area contributed by atoms with Gasteiger partial charge in [-0.05, 0) is 12.1 Å². The summed E-state index contributed by atoms with van der Waals surface area (Å²) in [5.74, 6) is -1.70. The number of amides is 1. The zero-order chi connectivity index (χ0) is 12.0. The first-order chi connectivity index (χ1) is 7.59. The quantitative estimate of drug-likeness (QED) is 0.609. The SMILES string of the molecule is CC(=O)ONC(=O)/C=C/c1ccccc1F. The second-order valence-electron chi connectivity index (χ2n) is 2.91. The topological polar surface area (TPSA) is 55.4 Å². The number of nitrogens with one attached hydrogen (secondary N) is 1. The van der Waals surface area contributed by atoms with Crippen LogP contribution in [0.15, 0.2) is 30.3 Å². The summed E-state index contributed by atoms with van der Waals surface area (Å²) in [7, 11) is 0. The van der Waals surface area contributed by atoms with Crippen LogP contribution in [-0.2, 0) is 14.4 Å². The molecule has 4 nitrogen and oxygen atoms in total. The number of hydrogen-bond donors (Lipinski definition) is 1. The average Bonchev–Trinajstić information content (AvgIpc) is 2.25. The van der Waals surface area contributed by atoms with Crippen LogP contribution in [0.5, 0.6) is 0 Å². The van der Waals surface area contributed by atoms with Crippen molar-refractivity contribution in [1.29, 1.82) is 0 Å². The summed E-state index contributed by atoms with van der Waals surface area (Å²) < 4.78 is 13.1. The van der Waals surface area contributed by atoms with Gasteiger partial charge in [0.25, 0.3) is 5.91 Å². The molecule has 0 aliphatic heterocycles. The van der Waals surface area contributed by atoms with Crippen LogP contribution in [0.3, 0.4) is 0 Å². The second kappa shape index (κ2) is 5.65. The van der Waals surface area contributed by atoms with Gasteiger partial charge in [-0.15, -0.1) is 0 Å². The molecular weight excluding hydrogens is 213 g/mol. The highest BCUT2D eigenvalue weighted by molar-refractivity contribution is 5.91. The van der Waals surface area contributed by atoms with E-state index in [1.165, 1.54) is 18.2 Å². The molecule has 0 aliphatic carbocycles. The Labute approximate surface area is 91.7 Å². The molecule has 0 saturated carbocycles. The van der Waals surface area contributed by atoms with Gasteiger partial charge in [-0.1, -0.05) is 18.2 Å². The molecule has 0 radical (unpaired) electrons. The molecule has 84 valence electrons. The molecule has 16 heavy (non-hydrogen) atoms. The maximum Gasteiger partial charge on any atom is 0.329 e. The molecule has 0 aliphatic rings. The Morgan fingerprint density at radius 3 is 2.69 bits per heavy atom. The Bertz CT molecular complexity index is 429. The van der Waals surface area contributed by atoms with Crippen molar-refractivity contribution in [3.05, 3.63) is 41.7 Å². The van der Waals surface area contributed by atoms with Crippen LogP contribution in [0, 0.1) is 5.82 Å². The monoisotopic (exact) mass is 223 g/mol. The maximum atomic E-state index is 13.1. The third-order valence-electron chi connectivity index (χ3n) is 1.61. The van der Waals surface area contributed by atoms with Gasteiger partial charge in [-0.3, -0.25) is 9.59 Å². The Balaban J connectivity index is 2.57. The van der Waals surface area contributed by atoms with Crippen molar-refractivity contribution < 1.29 is 18.8 Å². The van der Waals surface area contributed by atoms with Crippen molar-refractivity contribution >= 4 is 18.0 Å². The van der Waals surface area contributed by atoms with Gasteiger partial charge >= 0.3 is 5.97 Å². The molecule has 1 aromatic carbocycles. The average molecular weight is 223 g/mol. The smallest absolute Gasteiger partial charge is 0.329 e. The number of hydroxylamine groups is 1. The van der Waals surface area contributed by atoms with Gasteiger partial charge in [-0.2, -0.15) is 5.48 Å². The molecule has 5 heteroatoms. The molecule has 0 spiro atoms. The number of benzene rings is 1. The molecule has 0 aromatic heterocycles. The van der Waals surface area contributed by atoms with E-state index in [0.29, 0.717) is 0 Å². The zero-order valence-electron chi connectivity index (χ0n) is 8.57. The molecule has 0 heterocycles. The number of carbonyl (C=O) groups excluding carboxylic acids is 2. The van der Waals surface area contributed by atoms with Gasteiger partial charge in [0.1, 0.15) is 5.82 Å². The van der Waals surface area contributed by atoms with Gasteiger partial charge in [0.2, 0.25) is 0 Å². The van der Waals surface area contributed by atoms with Gasteiger partial charge in [-0.25, -0.2) is 4.39 Å². The summed E-state index contributed by atoms with van der Waals surface area (Å²) in [6.45, 7) is 1.15. The molecule has 1 rings (SSSR count). The Kier molecular flexibility index (Phi) is 4.20. The molecule has 0 unspecified atom stereocenters. The summed E-state index contributed by atoms with van der Waals surface area (Å²) in [5.41, 5.74) is 2.15. The molecular formula is C11H10FNO3. The lowest BCUT2D eigenvalue weighted by molar-refractivity contribution is -0.154. The minimum Gasteiger partial charge on any atom is -0.341 e. The minimum absolute atomic E-state index is 0.278. The second-order valence-corrected chi connectivity index (χ2v) is 2.91. The number of carbonyl (C=O) groups is 2. The molecule has 1 N–H and O–H groups in total. The fraction of sp³-hybridized carbons (Fsp3) is 0.0909. The molecule has 1 aromatic rings. The molecule has 0 atom stereocenters. The van der Waals surface area contributed by atoms with Gasteiger partial charge in [0.05, 0.1) is 0 Å². The molecule has 0 bridgehead atoms. The standard InChI is InChI=1S/C11H10FNO3/c1-8(14)16-13-11(15)7-6-9-4-2-3-5-10(9)12/h2-7H,1H3,(H,13,15)/b7-6+. The van der Waals surface area contributed by atoms with Gasteiger partial charge in [0, 0.05) is 18.6 Å². The van der Waals surface area contributed by atoms with Crippen LogP contribution in [0.1, 0.15) is 12.5 Å². The highest BCUT2D eigenvalue weighted by Crippen LogP contribution is 2.07.